The number of benzene rings is 2. The second kappa shape index (κ2) is 5.13. The Kier molecular flexibility index (Phi) is 3.16. The highest BCUT2D eigenvalue weighted by Gasteiger charge is 2.05. The van der Waals surface area contributed by atoms with Crippen molar-refractivity contribution in [1.82, 2.24) is 9.55 Å². The number of nitrogens with zero attached hydrogens (tertiary/aromatic N) is 4. The zero-order valence-electron chi connectivity index (χ0n) is 11.3. The Morgan fingerprint density at radius 1 is 1.00 bits per heavy atom. The Balaban J connectivity index is 1.91. The van der Waals surface area contributed by atoms with Gasteiger partial charge in [-0.15, -0.1) is 10.2 Å². The van der Waals surface area contributed by atoms with Crippen molar-refractivity contribution < 1.29 is 4.74 Å². The molecule has 5 nitrogen and oxygen atoms in total. The summed E-state index contributed by atoms with van der Waals surface area (Å²) in [7, 11) is 3.56. The fraction of sp³-hybridized carbons (Fsp3) is 0.133. The van der Waals surface area contributed by atoms with Gasteiger partial charge < -0.3 is 9.30 Å². The summed E-state index contributed by atoms with van der Waals surface area (Å²) in [6.07, 6.45) is 0. The van der Waals surface area contributed by atoms with Gasteiger partial charge in [-0.2, -0.15) is 0 Å². The van der Waals surface area contributed by atoms with Gasteiger partial charge in [-0.1, -0.05) is 12.1 Å². The molecule has 100 valence electrons. The van der Waals surface area contributed by atoms with Crippen LogP contribution >= 0.6 is 0 Å². The van der Waals surface area contributed by atoms with Crippen LogP contribution in [-0.2, 0) is 7.05 Å². The number of aromatic nitrogens is 2. The van der Waals surface area contributed by atoms with Crippen LogP contribution in [-0.4, -0.2) is 16.7 Å². The van der Waals surface area contributed by atoms with Crippen LogP contribution in [0.1, 0.15) is 0 Å². The third kappa shape index (κ3) is 2.25. The molecule has 2 aromatic carbocycles. The molecule has 0 aliphatic heterocycles. The summed E-state index contributed by atoms with van der Waals surface area (Å²) in [6, 6.07) is 15.3. The van der Waals surface area contributed by atoms with Gasteiger partial charge in [-0.3, -0.25) is 0 Å². The van der Waals surface area contributed by atoms with Gasteiger partial charge in [0.1, 0.15) is 5.75 Å². The Morgan fingerprint density at radius 2 is 1.75 bits per heavy atom. The fourth-order valence-corrected chi connectivity index (χ4v) is 1.97. The lowest BCUT2D eigenvalue weighted by Gasteiger charge is -1.98. The first-order valence-electron chi connectivity index (χ1n) is 6.25. The second-order valence-electron chi connectivity index (χ2n) is 4.36. The van der Waals surface area contributed by atoms with E-state index in [-0.39, 0.29) is 0 Å². The minimum atomic E-state index is 0.585. The van der Waals surface area contributed by atoms with Gasteiger partial charge in [-0.05, 0) is 36.4 Å². The van der Waals surface area contributed by atoms with Crippen LogP contribution in [0.15, 0.2) is 58.8 Å². The summed E-state index contributed by atoms with van der Waals surface area (Å²) in [6.45, 7) is 0. The number of fused-ring (bicyclic) bond motifs is 1. The molecule has 0 atom stereocenters. The molecule has 20 heavy (non-hydrogen) atoms. The summed E-state index contributed by atoms with van der Waals surface area (Å²) in [5.41, 5.74) is 2.72. The lowest BCUT2D eigenvalue weighted by atomic mass is 10.3. The molecule has 1 aromatic heterocycles. The fourth-order valence-electron chi connectivity index (χ4n) is 1.97. The van der Waals surface area contributed by atoms with Gasteiger partial charge in [0.25, 0.3) is 0 Å². The molecular weight excluding hydrogens is 252 g/mol. The first kappa shape index (κ1) is 12.3. The normalized spacial score (nSPS) is 11.3. The molecule has 0 fully saturated rings. The van der Waals surface area contributed by atoms with Gasteiger partial charge in [0.2, 0.25) is 5.95 Å². The maximum absolute atomic E-state index is 5.10. The molecule has 0 saturated carbocycles. The molecule has 0 saturated heterocycles. The van der Waals surface area contributed by atoms with Crippen molar-refractivity contribution in [2.24, 2.45) is 17.3 Å². The summed E-state index contributed by atoms with van der Waals surface area (Å²) in [5, 5.41) is 8.40. The van der Waals surface area contributed by atoms with Gasteiger partial charge in [0, 0.05) is 7.05 Å². The molecule has 0 amide bonds. The van der Waals surface area contributed by atoms with Gasteiger partial charge in [-0.25, -0.2) is 4.98 Å². The Morgan fingerprint density at radius 3 is 2.45 bits per heavy atom. The zero-order valence-corrected chi connectivity index (χ0v) is 11.3. The average molecular weight is 266 g/mol. The third-order valence-corrected chi connectivity index (χ3v) is 3.09. The van der Waals surface area contributed by atoms with E-state index in [0.29, 0.717) is 5.95 Å². The van der Waals surface area contributed by atoms with Crippen LogP contribution in [0.5, 0.6) is 5.75 Å². The van der Waals surface area contributed by atoms with Crippen molar-refractivity contribution in [1.29, 1.82) is 0 Å². The van der Waals surface area contributed by atoms with E-state index in [4.69, 9.17) is 4.74 Å². The van der Waals surface area contributed by atoms with Crippen molar-refractivity contribution in [3.8, 4) is 5.75 Å². The van der Waals surface area contributed by atoms with Crippen LogP contribution in [0.2, 0.25) is 0 Å². The van der Waals surface area contributed by atoms with Crippen LogP contribution in [0.3, 0.4) is 0 Å². The lowest BCUT2D eigenvalue weighted by Crippen LogP contribution is -1.85. The predicted octanol–water partition coefficient (Wildman–Crippen LogP) is 4.00. The van der Waals surface area contributed by atoms with Crippen LogP contribution in [0, 0.1) is 0 Å². The Bertz CT molecular complexity index is 759. The number of imidazole rings is 1. The molecule has 1 heterocycles. The molecule has 0 unspecified atom stereocenters. The van der Waals surface area contributed by atoms with Gasteiger partial charge in [0.05, 0.1) is 23.8 Å². The van der Waals surface area contributed by atoms with E-state index < -0.39 is 0 Å². The van der Waals surface area contributed by atoms with E-state index in [1.807, 2.05) is 60.1 Å². The Hall–Kier alpha value is -2.69. The molecule has 0 bridgehead atoms. The number of hydrogen-bond acceptors (Lipinski definition) is 4. The van der Waals surface area contributed by atoms with Gasteiger partial charge >= 0.3 is 0 Å². The molecule has 0 radical (unpaired) electrons. The number of aryl methyl sites for hydroxylation is 1. The highest BCUT2D eigenvalue weighted by atomic mass is 16.5. The van der Waals surface area contributed by atoms with E-state index >= 15 is 0 Å². The number of methoxy groups -OCH3 is 1. The minimum Gasteiger partial charge on any atom is -0.497 e. The lowest BCUT2D eigenvalue weighted by molar-refractivity contribution is 0.415. The molecule has 5 heteroatoms. The zero-order chi connectivity index (χ0) is 13.9. The molecule has 0 N–H and O–H groups in total. The van der Waals surface area contributed by atoms with E-state index in [2.05, 4.69) is 15.2 Å². The molecule has 3 aromatic rings. The first-order chi connectivity index (χ1) is 9.78. The molecule has 0 spiro atoms. The second-order valence-corrected chi connectivity index (χ2v) is 4.36. The molecule has 0 aliphatic carbocycles. The number of para-hydroxylation sites is 2. The summed E-state index contributed by atoms with van der Waals surface area (Å²) in [4.78, 5) is 4.44. The minimum absolute atomic E-state index is 0.585. The quantitative estimate of drug-likeness (QED) is 0.673. The predicted molar refractivity (Wildman–Crippen MR) is 77.9 cm³/mol. The summed E-state index contributed by atoms with van der Waals surface area (Å²) < 4.78 is 7.02. The molecule has 0 aliphatic rings. The first-order valence-corrected chi connectivity index (χ1v) is 6.25. The Labute approximate surface area is 116 Å². The standard InChI is InChI=1S/C15H14N4O/c1-19-14-6-4-3-5-13(14)16-15(19)18-17-11-7-9-12(20-2)10-8-11/h3-10H,1-2H3. The number of ether oxygens (including phenoxy) is 1. The highest BCUT2D eigenvalue weighted by molar-refractivity contribution is 5.77. The van der Waals surface area contributed by atoms with E-state index in [0.717, 1.165) is 22.5 Å². The van der Waals surface area contributed by atoms with Crippen LogP contribution in [0.25, 0.3) is 11.0 Å². The molecular formula is C15H14N4O. The van der Waals surface area contributed by atoms with Crippen molar-refractivity contribution >= 4 is 22.7 Å². The van der Waals surface area contributed by atoms with Crippen molar-refractivity contribution in [2.45, 2.75) is 0 Å². The average Bonchev–Trinajstić information content (AvgIpc) is 2.83. The molecule has 3 rings (SSSR count). The monoisotopic (exact) mass is 266 g/mol. The van der Waals surface area contributed by atoms with Gasteiger partial charge in [0.15, 0.2) is 0 Å². The summed E-state index contributed by atoms with van der Waals surface area (Å²) in [5.74, 6) is 1.38. The van der Waals surface area contributed by atoms with Crippen molar-refractivity contribution in [3.05, 3.63) is 48.5 Å². The van der Waals surface area contributed by atoms with Crippen LogP contribution in [0.4, 0.5) is 11.6 Å². The highest BCUT2D eigenvalue weighted by Crippen LogP contribution is 2.23. The third-order valence-electron chi connectivity index (χ3n) is 3.09. The van der Waals surface area contributed by atoms with E-state index in [9.17, 15) is 0 Å². The maximum atomic E-state index is 5.10. The van der Waals surface area contributed by atoms with Crippen LogP contribution < -0.4 is 4.74 Å². The van der Waals surface area contributed by atoms with E-state index in [1.54, 1.807) is 7.11 Å². The number of azo groups is 1. The number of hydrogen-bond donors (Lipinski definition) is 0. The topological polar surface area (TPSA) is 51.8 Å². The smallest absolute Gasteiger partial charge is 0.250 e. The number of rotatable bonds is 3. The van der Waals surface area contributed by atoms with Crippen molar-refractivity contribution in [3.63, 3.8) is 0 Å². The SMILES string of the molecule is COc1ccc(N=Nc2nc3ccccc3n2C)cc1. The largest absolute Gasteiger partial charge is 0.497 e. The van der Waals surface area contributed by atoms with Crippen molar-refractivity contribution in [2.75, 3.05) is 7.11 Å². The maximum Gasteiger partial charge on any atom is 0.250 e. The van der Waals surface area contributed by atoms with E-state index in [1.165, 1.54) is 0 Å². The summed E-state index contributed by atoms with van der Waals surface area (Å²) >= 11 is 0.